The minimum absolute atomic E-state index is 0.231. The van der Waals surface area contributed by atoms with Gasteiger partial charge in [0.1, 0.15) is 10.5 Å². The number of piperidine rings is 1. The maximum atomic E-state index is 12.3. The van der Waals surface area contributed by atoms with Crippen molar-refractivity contribution in [3.05, 3.63) is 29.8 Å². The first-order chi connectivity index (χ1) is 12.6. The van der Waals surface area contributed by atoms with Gasteiger partial charge in [0.15, 0.2) is 5.84 Å². The summed E-state index contributed by atoms with van der Waals surface area (Å²) < 4.78 is 33.9. The molecule has 0 radical (unpaired) electrons. The van der Waals surface area contributed by atoms with Crippen LogP contribution < -0.4 is 0 Å². The summed E-state index contributed by atoms with van der Waals surface area (Å²) in [6.07, 6.45) is 1.59. The zero-order valence-corrected chi connectivity index (χ0v) is 17.1. The topological polar surface area (TPSA) is 79.3 Å². The first-order valence-electron chi connectivity index (χ1n) is 9.20. The van der Waals surface area contributed by atoms with Gasteiger partial charge in [-0.05, 0) is 51.7 Å². The Balaban J connectivity index is 1.68. The van der Waals surface area contributed by atoms with Crippen molar-refractivity contribution in [1.82, 2.24) is 9.80 Å². The molecule has 8 heteroatoms. The third-order valence-corrected chi connectivity index (χ3v) is 6.00. The molecule has 0 spiro atoms. The fourth-order valence-corrected chi connectivity index (χ4v) is 4.80. The Morgan fingerprint density at radius 3 is 2.74 bits per heavy atom. The van der Waals surface area contributed by atoms with E-state index in [2.05, 4.69) is 4.40 Å². The third kappa shape index (κ3) is 4.43. The van der Waals surface area contributed by atoms with E-state index >= 15 is 0 Å². The lowest BCUT2D eigenvalue weighted by Crippen LogP contribution is -2.45. The van der Waals surface area contributed by atoms with E-state index in [9.17, 15) is 13.2 Å². The molecule has 0 saturated carbocycles. The first-order valence-corrected chi connectivity index (χ1v) is 10.6. The largest absolute Gasteiger partial charge is 0.444 e. The molecule has 2 aliphatic rings. The summed E-state index contributed by atoms with van der Waals surface area (Å²) in [5, 5.41) is 0. The number of benzene rings is 1. The second-order valence-electron chi connectivity index (χ2n) is 8.20. The van der Waals surface area contributed by atoms with Crippen LogP contribution in [-0.4, -0.2) is 62.4 Å². The summed E-state index contributed by atoms with van der Waals surface area (Å²) in [4.78, 5) is 16.2. The quantitative estimate of drug-likeness (QED) is 0.772. The van der Waals surface area contributed by atoms with E-state index in [1.165, 1.54) is 0 Å². The molecule has 0 unspecified atom stereocenters. The zero-order chi connectivity index (χ0) is 19.8. The highest BCUT2D eigenvalue weighted by molar-refractivity contribution is 7.90. The van der Waals surface area contributed by atoms with Crippen molar-refractivity contribution in [2.45, 2.75) is 44.1 Å². The molecule has 2 aliphatic heterocycles. The van der Waals surface area contributed by atoms with Crippen LogP contribution in [0.2, 0.25) is 0 Å². The van der Waals surface area contributed by atoms with Crippen molar-refractivity contribution in [1.29, 1.82) is 0 Å². The number of ether oxygens (including phenoxy) is 1. The van der Waals surface area contributed by atoms with Crippen molar-refractivity contribution < 1.29 is 17.9 Å². The van der Waals surface area contributed by atoms with Gasteiger partial charge >= 0.3 is 6.09 Å². The molecule has 3 rings (SSSR count). The molecule has 0 aliphatic carbocycles. The smallest absolute Gasteiger partial charge is 0.410 e. The third-order valence-electron chi connectivity index (χ3n) is 4.68. The van der Waals surface area contributed by atoms with Crippen molar-refractivity contribution in [2.75, 3.05) is 26.7 Å². The average molecular weight is 394 g/mol. The van der Waals surface area contributed by atoms with Gasteiger partial charge in [0.05, 0.1) is 0 Å². The van der Waals surface area contributed by atoms with Gasteiger partial charge in [-0.1, -0.05) is 12.1 Å². The van der Waals surface area contributed by atoms with Gasteiger partial charge in [-0.25, -0.2) is 4.79 Å². The molecule has 0 aromatic heterocycles. The molecule has 2 heterocycles. The van der Waals surface area contributed by atoms with E-state index in [4.69, 9.17) is 4.74 Å². The lowest BCUT2D eigenvalue weighted by Gasteiger charge is -2.36. The van der Waals surface area contributed by atoms with Crippen molar-refractivity contribution in [3.8, 4) is 0 Å². The van der Waals surface area contributed by atoms with Crippen LogP contribution in [0.15, 0.2) is 33.6 Å². The summed E-state index contributed by atoms with van der Waals surface area (Å²) in [7, 11) is -1.77. The van der Waals surface area contributed by atoms with Crippen LogP contribution in [0.4, 0.5) is 4.79 Å². The summed E-state index contributed by atoms with van der Waals surface area (Å²) in [6, 6.07) is 6.88. The highest BCUT2D eigenvalue weighted by Gasteiger charge is 2.33. The van der Waals surface area contributed by atoms with Gasteiger partial charge in [-0.2, -0.15) is 8.42 Å². The van der Waals surface area contributed by atoms with Crippen molar-refractivity contribution in [2.24, 2.45) is 10.3 Å². The monoisotopic (exact) mass is 393 g/mol. The Morgan fingerprint density at radius 1 is 1.33 bits per heavy atom. The number of hydrogen-bond acceptors (Lipinski definition) is 5. The van der Waals surface area contributed by atoms with Gasteiger partial charge in [0, 0.05) is 32.2 Å². The molecule has 1 aromatic rings. The normalized spacial score (nSPS) is 21.4. The summed E-state index contributed by atoms with van der Waals surface area (Å²) in [5.41, 5.74) is 0.122. The van der Waals surface area contributed by atoms with Gasteiger partial charge in [0.25, 0.3) is 10.0 Å². The molecule has 1 fully saturated rings. The fourth-order valence-electron chi connectivity index (χ4n) is 3.54. The molecule has 1 saturated heterocycles. The number of amidine groups is 1. The van der Waals surface area contributed by atoms with Gasteiger partial charge in [-0.3, -0.25) is 0 Å². The second kappa shape index (κ2) is 7.14. The summed E-state index contributed by atoms with van der Waals surface area (Å²) in [6.45, 7) is 7.49. The number of carbonyl (C=O) groups excluding carboxylic acids is 1. The highest BCUT2D eigenvalue weighted by atomic mass is 32.2. The molecule has 1 aromatic carbocycles. The van der Waals surface area contributed by atoms with E-state index in [1.807, 2.05) is 38.8 Å². The van der Waals surface area contributed by atoms with Crippen LogP contribution in [0.5, 0.6) is 0 Å². The van der Waals surface area contributed by atoms with Crippen LogP contribution in [0.3, 0.4) is 0 Å². The Kier molecular flexibility index (Phi) is 5.20. The zero-order valence-electron chi connectivity index (χ0n) is 16.3. The Labute approximate surface area is 161 Å². The Morgan fingerprint density at radius 2 is 2.04 bits per heavy atom. The molecule has 0 N–H and O–H groups in total. The van der Waals surface area contributed by atoms with Crippen LogP contribution in [-0.2, 0) is 14.8 Å². The predicted molar refractivity (Wildman–Crippen MR) is 103 cm³/mol. The Bertz CT molecular complexity index is 858. The molecule has 148 valence electrons. The standard InChI is InChI=1S/C19H27N3O4S/c1-19(2,3)26-18(23)22-11-7-8-14(13-22)12-21(4)17-15-9-5-6-10-16(15)27(24,25)20-17/h5-6,9-10,14H,7-8,11-13H2,1-4H3/t14-/m1/s1. The van der Waals surface area contributed by atoms with Crippen molar-refractivity contribution >= 4 is 22.0 Å². The second-order valence-corrected chi connectivity index (χ2v) is 9.77. The number of rotatable bonds is 2. The molecular formula is C19H27N3O4S. The number of sulfonamides is 1. The van der Waals surface area contributed by atoms with E-state index in [1.54, 1.807) is 23.1 Å². The summed E-state index contributed by atoms with van der Waals surface area (Å²) >= 11 is 0. The molecule has 1 atom stereocenters. The van der Waals surface area contributed by atoms with Gasteiger partial charge < -0.3 is 14.5 Å². The van der Waals surface area contributed by atoms with E-state index in [0.717, 1.165) is 12.8 Å². The van der Waals surface area contributed by atoms with Gasteiger partial charge in [0.2, 0.25) is 0 Å². The lowest BCUT2D eigenvalue weighted by molar-refractivity contribution is 0.0158. The minimum atomic E-state index is -3.62. The van der Waals surface area contributed by atoms with Crippen LogP contribution >= 0.6 is 0 Å². The predicted octanol–water partition coefficient (Wildman–Crippen LogP) is 2.71. The highest BCUT2D eigenvalue weighted by Crippen LogP contribution is 2.28. The molecule has 1 amide bonds. The summed E-state index contributed by atoms with van der Waals surface area (Å²) in [5.74, 6) is 0.703. The number of hydrogen-bond donors (Lipinski definition) is 0. The molecule has 0 bridgehead atoms. The molecule has 7 nitrogen and oxygen atoms in total. The minimum Gasteiger partial charge on any atom is -0.444 e. The number of amides is 1. The number of likely N-dealkylation sites (tertiary alicyclic amines) is 1. The maximum Gasteiger partial charge on any atom is 0.410 e. The Hall–Kier alpha value is -2.09. The lowest BCUT2D eigenvalue weighted by atomic mass is 9.97. The number of fused-ring (bicyclic) bond motifs is 1. The number of carbonyl (C=O) groups is 1. The van der Waals surface area contributed by atoms with E-state index in [-0.39, 0.29) is 16.9 Å². The average Bonchev–Trinajstić information content (AvgIpc) is 2.86. The van der Waals surface area contributed by atoms with Crippen molar-refractivity contribution in [3.63, 3.8) is 0 Å². The van der Waals surface area contributed by atoms with Crippen LogP contribution in [0, 0.1) is 5.92 Å². The fraction of sp³-hybridized carbons (Fsp3) is 0.579. The first kappa shape index (κ1) is 19.7. The number of nitrogens with zero attached hydrogens (tertiary/aromatic N) is 3. The van der Waals surface area contributed by atoms with E-state index in [0.29, 0.717) is 31.0 Å². The van der Waals surface area contributed by atoms with Gasteiger partial charge in [-0.15, -0.1) is 4.40 Å². The SMILES string of the molecule is CN(C[C@H]1CCCN(C(=O)OC(C)(C)C)C1)C1=NS(=O)(=O)c2ccccc21. The van der Waals surface area contributed by atoms with E-state index < -0.39 is 15.6 Å². The maximum absolute atomic E-state index is 12.3. The van der Waals surface area contributed by atoms with Crippen LogP contribution in [0.25, 0.3) is 0 Å². The van der Waals surface area contributed by atoms with Crippen LogP contribution in [0.1, 0.15) is 39.2 Å². The molecule has 27 heavy (non-hydrogen) atoms. The molecular weight excluding hydrogens is 366 g/mol.